The third-order valence-corrected chi connectivity index (χ3v) is 2.14. The summed E-state index contributed by atoms with van der Waals surface area (Å²) in [6.07, 6.45) is -3.40. The van der Waals surface area contributed by atoms with Gasteiger partial charge in [-0.25, -0.2) is 0 Å². The molecule has 14 heavy (non-hydrogen) atoms. The van der Waals surface area contributed by atoms with Crippen LogP contribution in [0.15, 0.2) is 4.99 Å². The van der Waals surface area contributed by atoms with E-state index in [0.717, 1.165) is 6.42 Å². The van der Waals surface area contributed by atoms with Gasteiger partial charge in [0.05, 0.1) is 0 Å². The van der Waals surface area contributed by atoms with E-state index in [1.54, 1.807) is 0 Å². The molecule has 0 aromatic rings. The standard InChI is InChI=1S/C9H15F3N2/c1-6(2)3-7-4-13-8(14-5-7)9(10,11)12/h6-7H,3-5H2,1-2H3,(H,13,14). The van der Waals surface area contributed by atoms with Crippen LogP contribution in [0.1, 0.15) is 20.3 Å². The third-order valence-electron chi connectivity index (χ3n) is 2.14. The summed E-state index contributed by atoms with van der Waals surface area (Å²) in [5, 5.41) is 2.34. The fraction of sp³-hybridized carbons (Fsp3) is 0.889. The van der Waals surface area contributed by atoms with E-state index in [1.165, 1.54) is 0 Å². The molecule has 1 aliphatic heterocycles. The first-order chi connectivity index (χ1) is 6.39. The van der Waals surface area contributed by atoms with E-state index in [2.05, 4.69) is 24.2 Å². The second kappa shape index (κ2) is 4.19. The number of nitrogens with one attached hydrogen (secondary N) is 1. The molecule has 0 saturated carbocycles. The fourth-order valence-corrected chi connectivity index (χ4v) is 1.60. The van der Waals surface area contributed by atoms with Crippen LogP contribution in [0.2, 0.25) is 0 Å². The van der Waals surface area contributed by atoms with E-state index in [0.29, 0.717) is 19.0 Å². The average molecular weight is 208 g/mol. The lowest BCUT2D eigenvalue weighted by atomic mass is 9.96. The summed E-state index contributed by atoms with van der Waals surface area (Å²) in [5.74, 6) is -0.0805. The topological polar surface area (TPSA) is 24.4 Å². The minimum Gasteiger partial charge on any atom is -0.366 e. The van der Waals surface area contributed by atoms with Gasteiger partial charge in [-0.2, -0.15) is 13.2 Å². The molecule has 82 valence electrons. The van der Waals surface area contributed by atoms with E-state index in [1.807, 2.05) is 0 Å². The molecule has 5 heteroatoms. The molecule has 0 aromatic carbocycles. The second-order valence-corrected chi connectivity index (χ2v) is 4.06. The van der Waals surface area contributed by atoms with Crippen molar-refractivity contribution >= 4 is 5.84 Å². The molecule has 1 N–H and O–H groups in total. The Kier molecular flexibility index (Phi) is 3.39. The normalized spacial score (nSPS) is 23.3. The van der Waals surface area contributed by atoms with Crippen molar-refractivity contribution in [3.05, 3.63) is 0 Å². The van der Waals surface area contributed by atoms with Crippen molar-refractivity contribution in [1.82, 2.24) is 5.32 Å². The van der Waals surface area contributed by atoms with Crippen LogP contribution in [0.25, 0.3) is 0 Å². The number of rotatable bonds is 2. The maximum absolute atomic E-state index is 12.1. The number of halogens is 3. The minimum absolute atomic E-state index is 0.237. The Morgan fingerprint density at radius 1 is 1.50 bits per heavy atom. The Morgan fingerprint density at radius 3 is 2.50 bits per heavy atom. The summed E-state index contributed by atoms with van der Waals surface area (Å²) in [6, 6.07) is 0. The van der Waals surface area contributed by atoms with Gasteiger partial charge in [-0.1, -0.05) is 13.8 Å². The molecule has 1 unspecified atom stereocenters. The van der Waals surface area contributed by atoms with E-state index >= 15 is 0 Å². The monoisotopic (exact) mass is 208 g/mol. The third kappa shape index (κ3) is 3.20. The van der Waals surface area contributed by atoms with Gasteiger partial charge in [-0.05, 0) is 18.3 Å². The largest absolute Gasteiger partial charge is 0.448 e. The van der Waals surface area contributed by atoms with E-state index < -0.39 is 12.0 Å². The summed E-state index contributed by atoms with van der Waals surface area (Å²) < 4.78 is 36.4. The highest BCUT2D eigenvalue weighted by Crippen LogP contribution is 2.20. The molecule has 0 amide bonds. The van der Waals surface area contributed by atoms with Crippen molar-refractivity contribution in [3.8, 4) is 0 Å². The summed E-state index contributed by atoms with van der Waals surface area (Å²) >= 11 is 0. The first kappa shape index (κ1) is 11.3. The zero-order valence-electron chi connectivity index (χ0n) is 8.36. The Labute approximate surface area is 81.6 Å². The number of hydrogen-bond donors (Lipinski definition) is 1. The zero-order chi connectivity index (χ0) is 10.8. The van der Waals surface area contributed by atoms with Crippen LogP contribution in [-0.2, 0) is 0 Å². The molecular formula is C9H15F3N2. The highest BCUT2D eigenvalue weighted by molar-refractivity contribution is 5.87. The second-order valence-electron chi connectivity index (χ2n) is 4.06. The van der Waals surface area contributed by atoms with Gasteiger partial charge >= 0.3 is 6.18 Å². The number of alkyl halides is 3. The quantitative estimate of drug-likeness (QED) is 0.739. The molecule has 0 fully saturated rings. The molecule has 0 spiro atoms. The van der Waals surface area contributed by atoms with E-state index in [4.69, 9.17) is 0 Å². The van der Waals surface area contributed by atoms with Crippen LogP contribution in [0, 0.1) is 11.8 Å². The Morgan fingerprint density at radius 2 is 2.14 bits per heavy atom. The first-order valence-electron chi connectivity index (χ1n) is 4.75. The van der Waals surface area contributed by atoms with E-state index in [-0.39, 0.29) is 5.92 Å². The smallest absolute Gasteiger partial charge is 0.366 e. The molecule has 1 atom stereocenters. The van der Waals surface area contributed by atoms with Gasteiger partial charge in [-0.15, -0.1) is 0 Å². The molecule has 0 aromatic heterocycles. The molecule has 0 radical (unpaired) electrons. The molecule has 1 rings (SSSR count). The maximum atomic E-state index is 12.1. The molecule has 1 aliphatic rings. The van der Waals surface area contributed by atoms with Crippen LogP contribution in [0.3, 0.4) is 0 Å². The molecule has 0 bridgehead atoms. The van der Waals surface area contributed by atoms with Crippen LogP contribution in [0.4, 0.5) is 13.2 Å². The average Bonchev–Trinajstić information content (AvgIpc) is 2.02. The van der Waals surface area contributed by atoms with Gasteiger partial charge in [0.15, 0.2) is 0 Å². The van der Waals surface area contributed by atoms with Gasteiger partial charge in [0.25, 0.3) is 0 Å². The number of nitrogens with zero attached hydrogens (tertiary/aromatic N) is 1. The molecule has 0 aliphatic carbocycles. The lowest BCUT2D eigenvalue weighted by molar-refractivity contribution is -0.0628. The number of amidine groups is 1. The Bertz CT molecular complexity index is 221. The van der Waals surface area contributed by atoms with Crippen LogP contribution < -0.4 is 5.32 Å². The number of aliphatic imine (C=N–C) groups is 1. The van der Waals surface area contributed by atoms with Crippen molar-refractivity contribution in [2.75, 3.05) is 13.1 Å². The highest BCUT2D eigenvalue weighted by atomic mass is 19.4. The predicted octanol–water partition coefficient (Wildman–Crippen LogP) is 2.21. The summed E-state index contributed by atoms with van der Waals surface area (Å²) in [7, 11) is 0. The van der Waals surface area contributed by atoms with Crippen LogP contribution in [-0.4, -0.2) is 25.1 Å². The van der Waals surface area contributed by atoms with Crippen molar-refractivity contribution in [2.45, 2.75) is 26.4 Å². The summed E-state index contributed by atoms with van der Waals surface area (Å²) in [5.41, 5.74) is 0. The summed E-state index contributed by atoms with van der Waals surface area (Å²) in [6.45, 7) is 4.79. The van der Waals surface area contributed by atoms with Crippen molar-refractivity contribution in [2.24, 2.45) is 16.8 Å². The number of hydrogen-bond acceptors (Lipinski definition) is 2. The highest BCUT2D eigenvalue weighted by Gasteiger charge is 2.37. The van der Waals surface area contributed by atoms with Crippen LogP contribution in [0.5, 0.6) is 0 Å². The van der Waals surface area contributed by atoms with Crippen molar-refractivity contribution in [3.63, 3.8) is 0 Å². The minimum atomic E-state index is -4.32. The lowest BCUT2D eigenvalue weighted by Gasteiger charge is -2.24. The van der Waals surface area contributed by atoms with Gasteiger partial charge in [0, 0.05) is 13.1 Å². The Balaban J connectivity index is 2.47. The van der Waals surface area contributed by atoms with Gasteiger partial charge in [0.2, 0.25) is 5.84 Å². The van der Waals surface area contributed by atoms with E-state index in [9.17, 15) is 13.2 Å². The lowest BCUT2D eigenvalue weighted by Crippen LogP contribution is -2.44. The van der Waals surface area contributed by atoms with Gasteiger partial charge < -0.3 is 5.32 Å². The Hall–Kier alpha value is -0.740. The van der Waals surface area contributed by atoms with Crippen molar-refractivity contribution in [1.29, 1.82) is 0 Å². The zero-order valence-corrected chi connectivity index (χ0v) is 8.36. The van der Waals surface area contributed by atoms with Gasteiger partial charge in [0.1, 0.15) is 0 Å². The SMILES string of the molecule is CC(C)CC1CN=C(C(F)(F)F)NC1. The molecule has 2 nitrogen and oxygen atoms in total. The fourth-order valence-electron chi connectivity index (χ4n) is 1.60. The summed E-state index contributed by atoms with van der Waals surface area (Å²) in [4.78, 5) is 3.52. The van der Waals surface area contributed by atoms with Crippen LogP contribution >= 0.6 is 0 Å². The van der Waals surface area contributed by atoms with Gasteiger partial charge in [-0.3, -0.25) is 4.99 Å². The van der Waals surface area contributed by atoms with Crippen molar-refractivity contribution < 1.29 is 13.2 Å². The first-order valence-corrected chi connectivity index (χ1v) is 4.75. The molecule has 0 saturated heterocycles. The predicted molar refractivity (Wildman–Crippen MR) is 49.3 cm³/mol. The molecular weight excluding hydrogens is 193 g/mol. The molecule has 1 heterocycles. The maximum Gasteiger partial charge on any atom is 0.448 e.